The van der Waals surface area contributed by atoms with Crippen LogP contribution < -0.4 is 0 Å². The van der Waals surface area contributed by atoms with Gasteiger partial charge in [0, 0.05) is 0 Å². The summed E-state index contributed by atoms with van der Waals surface area (Å²) in [5.74, 6) is 0. The first-order valence-corrected chi connectivity index (χ1v) is 11.1. The van der Waals surface area contributed by atoms with E-state index in [2.05, 4.69) is 37.7 Å². The molecule has 0 rings (SSSR count). The van der Waals surface area contributed by atoms with Gasteiger partial charge in [-0.3, -0.25) is 0 Å². The highest BCUT2D eigenvalue weighted by atomic mass is 15.1. The third kappa shape index (κ3) is 18.3. The highest BCUT2D eigenvalue weighted by Crippen LogP contribution is 2.07. The summed E-state index contributed by atoms with van der Waals surface area (Å²) in [6.07, 6.45) is 19.6. The van der Waals surface area contributed by atoms with Gasteiger partial charge in [-0.1, -0.05) is 78.1 Å². The fourth-order valence-electron chi connectivity index (χ4n) is 3.31. The van der Waals surface area contributed by atoms with Gasteiger partial charge in [0.2, 0.25) is 0 Å². The molecule has 0 N–H and O–H groups in total. The van der Waals surface area contributed by atoms with Gasteiger partial charge in [0.15, 0.2) is 0 Å². The average molecular weight is 341 g/mol. The Balaban J connectivity index is 3.25. The Kier molecular flexibility index (Phi) is 19.2. The molecule has 0 atom stereocenters. The molecule has 0 saturated carbocycles. The monoisotopic (exact) mass is 340 g/mol. The quantitative estimate of drug-likeness (QED) is 0.253. The maximum Gasteiger partial charge on any atom is -0.00218 e. The van der Waals surface area contributed by atoms with Crippen molar-refractivity contribution in [3.05, 3.63) is 0 Å². The molecule has 2 heteroatoms. The first-order chi connectivity index (χ1) is 11.7. The van der Waals surface area contributed by atoms with Gasteiger partial charge in [0.1, 0.15) is 0 Å². The number of hydrogen-bond donors (Lipinski definition) is 0. The van der Waals surface area contributed by atoms with Crippen LogP contribution in [-0.2, 0) is 0 Å². The summed E-state index contributed by atoms with van der Waals surface area (Å²) < 4.78 is 0. The summed E-state index contributed by atoms with van der Waals surface area (Å²) in [4.78, 5) is 5.07. The molecule has 0 aliphatic heterocycles. The van der Waals surface area contributed by atoms with Crippen LogP contribution in [0, 0.1) is 0 Å². The molecular formula is C22H48N2. The van der Waals surface area contributed by atoms with Gasteiger partial charge >= 0.3 is 0 Å². The molecule has 0 aromatic carbocycles. The van der Waals surface area contributed by atoms with Crippen LogP contribution in [0.5, 0.6) is 0 Å². The Hall–Kier alpha value is -0.0800. The highest BCUT2D eigenvalue weighted by Gasteiger charge is 2.00. The molecule has 0 heterocycles. The van der Waals surface area contributed by atoms with E-state index >= 15 is 0 Å². The average Bonchev–Trinajstić information content (AvgIpc) is 2.57. The minimum absolute atomic E-state index is 1.29. The lowest BCUT2D eigenvalue weighted by Gasteiger charge is -2.17. The molecule has 0 unspecified atom stereocenters. The van der Waals surface area contributed by atoms with E-state index in [1.165, 1.54) is 116 Å². The van der Waals surface area contributed by atoms with Gasteiger partial charge in [0.05, 0.1) is 0 Å². The molecule has 0 fully saturated rings. The lowest BCUT2D eigenvalue weighted by atomic mass is 10.1. The van der Waals surface area contributed by atoms with Gasteiger partial charge in [-0.05, 0) is 66.0 Å². The van der Waals surface area contributed by atoms with Crippen molar-refractivity contribution >= 4 is 0 Å². The molecule has 146 valence electrons. The first kappa shape index (κ1) is 23.9. The van der Waals surface area contributed by atoms with Crippen molar-refractivity contribution < 1.29 is 0 Å². The van der Waals surface area contributed by atoms with E-state index in [1.54, 1.807) is 0 Å². The predicted molar refractivity (Wildman–Crippen MR) is 111 cm³/mol. The lowest BCUT2D eigenvalue weighted by Crippen LogP contribution is -2.22. The second-order valence-corrected chi connectivity index (χ2v) is 7.85. The van der Waals surface area contributed by atoms with Crippen molar-refractivity contribution in [2.24, 2.45) is 0 Å². The minimum atomic E-state index is 1.29. The van der Waals surface area contributed by atoms with E-state index in [9.17, 15) is 0 Å². The molecule has 0 radical (unpaired) electrons. The van der Waals surface area contributed by atoms with E-state index in [0.717, 1.165) is 0 Å². The van der Waals surface area contributed by atoms with E-state index in [1.807, 2.05) is 0 Å². The summed E-state index contributed by atoms with van der Waals surface area (Å²) in [6.45, 7) is 9.76. The van der Waals surface area contributed by atoms with Crippen LogP contribution in [0.4, 0.5) is 0 Å². The topological polar surface area (TPSA) is 6.48 Å². The highest BCUT2D eigenvalue weighted by molar-refractivity contribution is 4.56. The molecule has 0 aromatic rings. The van der Waals surface area contributed by atoms with Crippen LogP contribution in [-0.4, -0.2) is 50.1 Å². The summed E-state index contributed by atoms with van der Waals surface area (Å²) in [5, 5.41) is 0. The summed E-state index contributed by atoms with van der Waals surface area (Å²) in [6, 6.07) is 0. The third-order valence-corrected chi connectivity index (χ3v) is 5.12. The zero-order chi connectivity index (χ0) is 17.9. The van der Waals surface area contributed by atoms with Gasteiger partial charge < -0.3 is 9.80 Å². The minimum Gasteiger partial charge on any atom is -0.306 e. The Morgan fingerprint density at radius 2 is 0.625 bits per heavy atom. The predicted octanol–water partition coefficient (Wildman–Crippen LogP) is 6.35. The molecular weight excluding hydrogens is 292 g/mol. The van der Waals surface area contributed by atoms with Crippen molar-refractivity contribution in [2.75, 3.05) is 40.3 Å². The Morgan fingerprint density at radius 3 is 0.875 bits per heavy atom. The number of rotatable bonds is 19. The first-order valence-electron chi connectivity index (χ1n) is 11.1. The summed E-state index contributed by atoms with van der Waals surface area (Å²) in [5.41, 5.74) is 0. The molecule has 0 aliphatic carbocycles. The maximum atomic E-state index is 2.54. The molecule has 0 saturated heterocycles. The van der Waals surface area contributed by atoms with Crippen LogP contribution in [0.3, 0.4) is 0 Å². The molecule has 0 bridgehead atoms. The summed E-state index contributed by atoms with van der Waals surface area (Å²) in [7, 11) is 4.60. The molecule has 2 nitrogen and oxygen atoms in total. The Bertz CT molecular complexity index is 206. The van der Waals surface area contributed by atoms with Crippen LogP contribution in [0.1, 0.15) is 104 Å². The van der Waals surface area contributed by atoms with Gasteiger partial charge in [-0.25, -0.2) is 0 Å². The SMILES string of the molecule is CCCCCCCN(C)CCCCCCN(C)CCCCCCC. The van der Waals surface area contributed by atoms with E-state index < -0.39 is 0 Å². The summed E-state index contributed by atoms with van der Waals surface area (Å²) >= 11 is 0. The normalized spacial score (nSPS) is 11.8. The fraction of sp³-hybridized carbons (Fsp3) is 1.00. The van der Waals surface area contributed by atoms with E-state index in [0.29, 0.717) is 0 Å². The Labute approximate surface area is 154 Å². The van der Waals surface area contributed by atoms with Gasteiger partial charge in [0.25, 0.3) is 0 Å². The van der Waals surface area contributed by atoms with Crippen molar-refractivity contribution in [1.82, 2.24) is 9.80 Å². The molecule has 0 aliphatic rings. The second-order valence-electron chi connectivity index (χ2n) is 7.85. The van der Waals surface area contributed by atoms with Crippen molar-refractivity contribution in [3.8, 4) is 0 Å². The van der Waals surface area contributed by atoms with Crippen molar-refractivity contribution in [1.29, 1.82) is 0 Å². The lowest BCUT2D eigenvalue weighted by molar-refractivity contribution is 0.301. The van der Waals surface area contributed by atoms with E-state index in [4.69, 9.17) is 0 Å². The number of nitrogens with zero attached hydrogens (tertiary/aromatic N) is 2. The Morgan fingerprint density at radius 1 is 0.375 bits per heavy atom. The van der Waals surface area contributed by atoms with Crippen LogP contribution in [0.2, 0.25) is 0 Å². The molecule has 0 spiro atoms. The van der Waals surface area contributed by atoms with Crippen LogP contribution in [0.25, 0.3) is 0 Å². The maximum absolute atomic E-state index is 2.54. The zero-order valence-corrected chi connectivity index (χ0v) is 17.6. The largest absolute Gasteiger partial charge is 0.306 e. The fourth-order valence-corrected chi connectivity index (χ4v) is 3.31. The van der Waals surface area contributed by atoms with Crippen LogP contribution in [0.15, 0.2) is 0 Å². The number of unbranched alkanes of at least 4 members (excludes halogenated alkanes) is 11. The van der Waals surface area contributed by atoms with Gasteiger partial charge in [-0.2, -0.15) is 0 Å². The second kappa shape index (κ2) is 19.2. The molecule has 24 heavy (non-hydrogen) atoms. The zero-order valence-electron chi connectivity index (χ0n) is 17.6. The van der Waals surface area contributed by atoms with Crippen LogP contribution >= 0.6 is 0 Å². The molecule has 0 amide bonds. The molecule has 0 aromatic heterocycles. The van der Waals surface area contributed by atoms with Crippen molar-refractivity contribution in [2.45, 2.75) is 104 Å². The standard InChI is InChI=1S/C22H48N2/c1-5-7-9-11-15-19-23(3)21-17-13-14-18-22-24(4)20-16-12-10-8-6-2/h5-22H2,1-4H3. The smallest absolute Gasteiger partial charge is 0.00218 e. The van der Waals surface area contributed by atoms with Gasteiger partial charge in [-0.15, -0.1) is 0 Å². The third-order valence-electron chi connectivity index (χ3n) is 5.12. The van der Waals surface area contributed by atoms with E-state index in [-0.39, 0.29) is 0 Å². The van der Waals surface area contributed by atoms with Crippen molar-refractivity contribution in [3.63, 3.8) is 0 Å². The number of hydrogen-bond acceptors (Lipinski definition) is 2.